The van der Waals surface area contributed by atoms with Gasteiger partial charge in [0.1, 0.15) is 5.82 Å². The van der Waals surface area contributed by atoms with Gasteiger partial charge in [0, 0.05) is 19.7 Å². The van der Waals surface area contributed by atoms with Crippen molar-refractivity contribution in [2.75, 3.05) is 18.5 Å². The average Bonchev–Trinajstić information content (AvgIpc) is 2.56. The van der Waals surface area contributed by atoms with Gasteiger partial charge >= 0.3 is 6.18 Å². The number of alkyl halides is 3. The summed E-state index contributed by atoms with van der Waals surface area (Å²) >= 11 is 2.92. The lowest BCUT2D eigenvalue weighted by molar-refractivity contribution is -0.142. The zero-order valence-corrected chi connectivity index (χ0v) is 10.3. The van der Waals surface area contributed by atoms with Crippen LogP contribution >= 0.6 is 15.9 Å². The van der Waals surface area contributed by atoms with Crippen molar-refractivity contribution in [2.24, 2.45) is 5.92 Å². The van der Waals surface area contributed by atoms with E-state index in [-0.39, 0.29) is 17.0 Å². The van der Waals surface area contributed by atoms with Crippen LogP contribution in [-0.2, 0) is 12.7 Å². The molecule has 4 nitrogen and oxygen atoms in total. The summed E-state index contributed by atoms with van der Waals surface area (Å²) in [5, 5.41) is 15.3. The van der Waals surface area contributed by atoms with Gasteiger partial charge in [-0.2, -0.15) is 18.3 Å². The van der Waals surface area contributed by atoms with Crippen LogP contribution in [-0.4, -0.2) is 28.0 Å². The van der Waals surface area contributed by atoms with Crippen LogP contribution in [0.2, 0.25) is 0 Å². The average molecular weight is 314 g/mol. The molecule has 17 heavy (non-hydrogen) atoms. The quantitative estimate of drug-likeness (QED) is 0.879. The van der Waals surface area contributed by atoms with E-state index in [1.54, 1.807) is 0 Å². The lowest BCUT2D eigenvalue weighted by Crippen LogP contribution is -2.28. The van der Waals surface area contributed by atoms with E-state index in [0.29, 0.717) is 25.3 Å². The van der Waals surface area contributed by atoms with Gasteiger partial charge in [-0.15, -0.1) is 0 Å². The summed E-state index contributed by atoms with van der Waals surface area (Å²) in [4.78, 5) is 0. The van der Waals surface area contributed by atoms with Crippen molar-refractivity contribution in [3.63, 3.8) is 0 Å². The van der Waals surface area contributed by atoms with E-state index in [4.69, 9.17) is 5.11 Å². The van der Waals surface area contributed by atoms with Crippen molar-refractivity contribution in [1.29, 1.82) is 0 Å². The standard InChI is InChI=1S/C9H11BrF3N3O/c10-6-7(9(11,12)13)15-16-4-5(1-2-17)3-14-8(6)16/h5,14,17H,1-4H2. The van der Waals surface area contributed by atoms with Gasteiger partial charge < -0.3 is 10.4 Å². The van der Waals surface area contributed by atoms with E-state index in [9.17, 15) is 13.2 Å². The van der Waals surface area contributed by atoms with Gasteiger partial charge in [0.05, 0.1) is 4.47 Å². The van der Waals surface area contributed by atoms with Gasteiger partial charge in [-0.3, -0.25) is 0 Å². The third-order valence-corrected chi connectivity index (χ3v) is 3.44. The number of hydrogen-bond acceptors (Lipinski definition) is 3. The van der Waals surface area contributed by atoms with Crippen LogP contribution in [0.15, 0.2) is 4.47 Å². The first-order chi connectivity index (χ1) is 7.93. The fourth-order valence-corrected chi connectivity index (χ4v) is 2.50. The molecule has 0 saturated heterocycles. The second-order valence-corrected chi connectivity index (χ2v) is 4.74. The molecule has 2 N–H and O–H groups in total. The molecule has 2 rings (SSSR count). The van der Waals surface area contributed by atoms with E-state index >= 15 is 0 Å². The highest BCUT2D eigenvalue weighted by atomic mass is 79.9. The molecule has 0 amide bonds. The maximum absolute atomic E-state index is 12.6. The van der Waals surface area contributed by atoms with Gasteiger partial charge in [-0.25, -0.2) is 4.68 Å². The SMILES string of the molecule is OCCC1CNc2c(Br)c(C(F)(F)F)nn2C1. The Balaban J connectivity index is 2.28. The summed E-state index contributed by atoms with van der Waals surface area (Å²) < 4.78 is 39.1. The van der Waals surface area contributed by atoms with Crippen molar-refractivity contribution in [3.8, 4) is 0 Å². The number of nitrogens with zero attached hydrogens (tertiary/aromatic N) is 2. The number of aromatic nitrogens is 2. The Morgan fingerprint density at radius 3 is 2.82 bits per heavy atom. The smallest absolute Gasteiger partial charge is 0.396 e. The first-order valence-electron chi connectivity index (χ1n) is 5.11. The Kier molecular flexibility index (Phi) is 3.35. The highest BCUT2D eigenvalue weighted by Crippen LogP contribution is 2.39. The molecule has 8 heteroatoms. The monoisotopic (exact) mass is 313 g/mol. The summed E-state index contributed by atoms with van der Waals surface area (Å²) in [6.45, 7) is 0.954. The molecule has 1 atom stereocenters. The van der Waals surface area contributed by atoms with E-state index in [2.05, 4.69) is 26.3 Å². The largest absolute Gasteiger partial charge is 0.436 e. The van der Waals surface area contributed by atoms with E-state index < -0.39 is 11.9 Å². The number of nitrogens with one attached hydrogen (secondary N) is 1. The van der Waals surface area contributed by atoms with Crippen LogP contribution in [0.5, 0.6) is 0 Å². The van der Waals surface area contributed by atoms with Gasteiger partial charge in [-0.05, 0) is 28.3 Å². The lowest BCUT2D eigenvalue weighted by atomic mass is 10.1. The van der Waals surface area contributed by atoms with Gasteiger partial charge in [-0.1, -0.05) is 0 Å². The number of fused-ring (bicyclic) bond motifs is 1. The molecule has 0 bridgehead atoms. The van der Waals surface area contributed by atoms with Crippen molar-refractivity contribution in [3.05, 3.63) is 10.2 Å². The van der Waals surface area contributed by atoms with Gasteiger partial charge in [0.2, 0.25) is 0 Å². The van der Waals surface area contributed by atoms with Crippen molar-refractivity contribution in [1.82, 2.24) is 9.78 Å². The molecule has 0 radical (unpaired) electrons. The summed E-state index contributed by atoms with van der Waals surface area (Å²) in [5.74, 6) is 0.451. The molecule has 0 fully saturated rings. The molecule has 2 heterocycles. The first-order valence-corrected chi connectivity index (χ1v) is 5.91. The number of aliphatic hydroxyl groups is 1. The Morgan fingerprint density at radius 1 is 1.53 bits per heavy atom. The number of hydrogen-bond donors (Lipinski definition) is 2. The van der Waals surface area contributed by atoms with Crippen LogP contribution in [0, 0.1) is 5.92 Å². The van der Waals surface area contributed by atoms with Crippen LogP contribution < -0.4 is 5.32 Å². The van der Waals surface area contributed by atoms with Crippen LogP contribution in [0.3, 0.4) is 0 Å². The highest BCUT2D eigenvalue weighted by Gasteiger charge is 2.39. The maximum Gasteiger partial charge on any atom is 0.436 e. The third kappa shape index (κ3) is 2.42. The van der Waals surface area contributed by atoms with E-state index in [1.165, 1.54) is 4.68 Å². The second-order valence-electron chi connectivity index (χ2n) is 3.95. The zero-order chi connectivity index (χ0) is 12.6. The molecule has 1 aliphatic heterocycles. The first kappa shape index (κ1) is 12.7. The molecule has 0 aromatic carbocycles. The van der Waals surface area contributed by atoms with E-state index in [0.717, 1.165) is 0 Å². The predicted molar refractivity (Wildman–Crippen MR) is 58.6 cm³/mol. The predicted octanol–water partition coefficient (Wildman–Crippen LogP) is 2.09. The molecule has 1 aromatic rings. The fourth-order valence-electron chi connectivity index (χ4n) is 1.85. The summed E-state index contributed by atoms with van der Waals surface area (Å²) in [7, 11) is 0. The second kappa shape index (κ2) is 4.49. The molecular formula is C9H11BrF3N3O. The molecular weight excluding hydrogens is 303 g/mol. The number of rotatable bonds is 2. The number of aliphatic hydroxyl groups excluding tert-OH is 1. The fraction of sp³-hybridized carbons (Fsp3) is 0.667. The lowest BCUT2D eigenvalue weighted by Gasteiger charge is -2.24. The number of halogens is 4. The summed E-state index contributed by atoms with van der Waals surface area (Å²) in [5.41, 5.74) is -0.912. The van der Waals surface area contributed by atoms with Crippen molar-refractivity contribution < 1.29 is 18.3 Å². The molecule has 0 aliphatic carbocycles. The van der Waals surface area contributed by atoms with Crippen LogP contribution in [0.4, 0.5) is 19.0 Å². The summed E-state index contributed by atoms with van der Waals surface area (Å²) in [6.07, 6.45) is -3.91. The molecule has 1 aromatic heterocycles. The normalized spacial score (nSPS) is 19.9. The Morgan fingerprint density at radius 2 is 2.24 bits per heavy atom. The maximum atomic E-state index is 12.6. The highest BCUT2D eigenvalue weighted by molar-refractivity contribution is 9.10. The molecule has 0 saturated carbocycles. The third-order valence-electron chi connectivity index (χ3n) is 2.69. The zero-order valence-electron chi connectivity index (χ0n) is 8.76. The minimum absolute atomic E-state index is 0.0241. The summed E-state index contributed by atoms with van der Waals surface area (Å²) in [6, 6.07) is 0. The Labute approximate surface area is 104 Å². The van der Waals surface area contributed by atoms with Gasteiger partial charge in [0.15, 0.2) is 5.69 Å². The molecule has 1 unspecified atom stereocenters. The van der Waals surface area contributed by atoms with Crippen LogP contribution in [0.25, 0.3) is 0 Å². The molecule has 1 aliphatic rings. The molecule has 96 valence electrons. The Hall–Kier alpha value is -0.760. The van der Waals surface area contributed by atoms with Gasteiger partial charge in [0.25, 0.3) is 0 Å². The minimum Gasteiger partial charge on any atom is -0.396 e. The number of anilines is 1. The topological polar surface area (TPSA) is 50.1 Å². The minimum atomic E-state index is -4.46. The Bertz CT molecular complexity index is 418. The van der Waals surface area contributed by atoms with E-state index in [1.807, 2.05) is 0 Å². The van der Waals surface area contributed by atoms with Crippen LogP contribution in [0.1, 0.15) is 12.1 Å². The molecule has 0 spiro atoms. The van der Waals surface area contributed by atoms with Crippen molar-refractivity contribution in [2.45, 2.75) is 19.1 Å². The van der Waals surface area contributed by atoms with Crippen molar-refractivity contribution >= 4 is 21.7 Å².